The lowest BCUT2D eigenvalue weighted by atomic mass is 10.2. The van der Waals surface area contributed by atoms with Gasteiger partial charge in [0, 0.05) is 5.56 Å². The highest BCUT2D eigenvalue weighted by Gasteiger charge is 2.11. The molecule has 0 radical (unpaired) electrons. The minimum atomic E-state index is 0.0888. The van der Waals surface area contributed by atoms with Gasteiger partial charge in [0.05, 0.1) is 19.3 Å². The van der Waals surface area contributed by atoms with Crippen LogP contribution in [0.2, 0.25) is 0 Å². The van der Waals surface area contributed by atoms with Crippen LogP contribution in [0.3, 0.4) is 0 Å². The topological polar surface area (TPSA) is 64.1 Å². The number of benzene rings is 2. The van der Waals surface area contributed by atoms with Crippen LogP contribution in [0, 0.1) is 4.77 Å². The maximum absolute atomic E-state index is 5.82. The van der Waals surface area contributed by atoms with Gasteiger partial charge in [-0.25, -0.2) is 9.77 Å². The van der Waals surface area contributed by atoms with Crippen molar-refractivity contribution < 1.29 is 9.47 Å². The summed E-state index contributed by atoms with van der Waals surface area (Å²) >= 11 is 5.36. The molecule has 0 unspecified atom stereocenters. The Labute approximate surface area is 164 Å². The smallest absolute Gasteiger partial charge is 0.214 e. The first kappa shape index (κ1) is 19.0. The fraction of sp³-hybridized carbons (Fsp3) is 0.300. The Balaban J connectivity index is 1.80. The molecular formula is C20H24N4O2S. The Hall–Kier alpha value is -2.80. The van der Waals surface area contributed by atoms with Crippen LogP contribution in [0.1, 0.15) is 26.3 Å². The van der Waals surface area contributed by atoms with Gasteiger partial charge in [0.1, 0.15) is 0 Å². The molecule has 142 valence electrons. The number of rotatable bonds is 8. The third-order valence-electron chi connectivity index (χ3n) is 3.82. The second-order valence-corrected chi connectivity index (χ2v) is 6.66. The number of hydrogen-bond donors (Lipinski definition) is 2. The molecular weight excluding hydrogens is 360 g/mol. The van der Waals surface area contributed by atoms with Crippen LogP contribution in [0.5, 0.6) is 11.5 Å². The van der Waals surface area contributed by atoms with Gasteiger partial charge in [0.15, 0.2) is 17.3 Å². The second kappa shape index (κ2) is 8.73. The second-order valence-electron chi connectivity index (χ2n) is 6.27. The Morgan fingerprint density at radius 3 is 2.63 bits per heavy atom. The lowest BCUT2D eigenvalue weighted by Crippen LogP contribution is -2.16. The highest BCUT2D eigenvalue weighted by molar-refractivity contribution is 7.71. The highest BCUT2D eigenvalue weighted by atomic mass is 32.1. The van der Waals surface area contributed by atoms with Crippen molar-refractivity contribution >= 4 is 12.2 Å². The quantitative estimate of drug-likeness (QED) is 0.558. The van der Waals surface area contributed by atoms with E-state index in [1.54, 1.807) is 4.68 Å². The molecule has 0 fully saturated rings. The summed E-state index contributed by atoms with van der Waals surface area (Å²) in [6.45, 7) is 7.10. The van der Waals surface area contributed by atoms with Crippen molar-refractivity contribution in [3.8, 4) is 22.9 Å². The molecule has 2 aromatic carbocycles. The lowest BCUT2D eigenvalue weighted by molar-refractivity contribution is 0.223. The number of hydrogen-bond acceptors (Lipinski definition) is 5. The van der Waals surface area contributed by atoms with E-state index in [1.165, 1.54) is 0 Å². The maximum atomic E-state index is 5.82. The molecule has 0 atom stereocenters. The van der Waals surface area contributed by atoms with Gasteiger partial charge < -0.3 is 14.9 Å². The van der Waals surface area contributed by atoms with Crippen molar-refractivity contribution in [1.82, 2.24) is 14.9 Å². The summed E-state index contributed by atoms with van der Waals surface area (Å²) in [4.78, 5) is 0. The highest BCUT2D eigenvalue weighted by Crippen LogP contribution is 2.29. The van der Waals surface area contributed by atoms with Crippen molar-refractivity contribution in [2.45, 2.75) is 33.4 Å². The molecule has 1 aromatic heterocycles. The SMILES string of the molecule is CCOc1cc(CNn2c(-c3ccccc3)n[nH]c2=S)ccc1OC(C)C. The van der Waals surface area contributed by atoms with Crippen LogP contribution in [0.15, 0.2) is 48.5 Å². The Morgan fingerprint density at radius 2 is 1.93 bits per heavy atom. The zero-order valence-corrected chi connectivity index (χ0v) is 16.5. The molecule has 0 saturated carbocycles. The molecule has 2 N–H and O–H groups in total. The zero-order chi connectivity index (χ0) is 19.2. The molecule has 27 heavy (non-hydrogen) atoms. The molecule has 0 saturated heterocycles. The van der Waals surface area contributed by atoms with Crippen molar-refractivity contribution in [1.29, 1.82) is 0 Å². The molecule has 0 aliphatic rings. The van der Waals surface area contributed by atoms with Crippen LogP contribution in [-0.2, 0) is 6.54 Å². The molecule has 7 heteroatoms. The molecule has 0 aliphatic carbocycles. The monoisotopic (exact) mass is 384 g/mol. The van der Waals surface area contributed by atoms with E-state index in [0.29, 0.717) is 17.9 Å². The van der Waals surface area contributed by atoms with Crippen molar-refractivity contribution in [2.75, 3.05) is 12.0 Å². The normalized spacial score (nSPS) is 10.8. The number of H-pyrrole nitrogens is 1. The van der Waals surface area contributed by atoms with Crippen molar-refractivity contribution in [3.63, 3.8) is 0 Å². The summed E-state index contributed by atoms with van der Waals surface area (Å²) < 4.78 is 13.8. The van der Waals surface area contributed by atoms with Crippen LogP contribution in [0.4, 0.5) is 0 Å². The summed E-state index contributed by atoms with van der Waals surface area (Å²) in [6.07, 6.45) is 0.0888. The standard InChI is InChI=1S/C20H24N4O2S/c1-4-25-18-12-15(10-11-17(18)26-14(2)3)13-21-24-19(22-23-20(24)27)16-8-6-5-7-9-16/h5-12,14,21H,4,13H2,1-3H3,(H,23,27). The summed E-state index contributed by atoms with van der Waals surface area (Å²) in [5.41, 5.74) is 5.36. The largest absolute Gasteiger partial charge is 0.490 e. The first-order valence-electron chi connectivity index (χ1n) is 8.97. The van der Waals surface area contributed by atoms with Gasteiger partial charge in [-0.05, 0) is 50.7 Å². The van der Waals surface area contributed by atoms with E-state index in [0.717, 1.165) is 28.5 Å². The van der Waals surface area contributed by atoms with Crippen LogP contribution in [-0.4, -0.2) is 27.6 Å². The Bertz CT molecular complexity index is 935. The fourth-order valence-electron chi connectivity index (χ4n) is 2.68. The van der Waals surface area contributed by atoms with Gasteiger partial charge in [-0.1, -0.05) is 36.4 Å². The minimum Gasteiger partial charge on any atom is -0.490 e. The number of aromatic nitrogens is 3. The van der Waals surface area contributed by atoms with Crippen molar-refractivity contribution in [3.05, 3.63) is 58.9 Å². The average Bonchev–Trinajstić information content (AvgIpc) is 3.03. The molecule has 0 spiro atoms. The minimum absolute atomic E-state index is 0.0888. The van der Waals surface area contributed by atoms with Gasteiger partial charge >= 0.3 is 0 Å². The number of ether oxygens (including phenoxy) is 2. The molecule has 0 amide bonds. The van der Waals surface area contributed by atoms with Gasteiger partial charge in [0.25, 0.3) is 0 Å². The molecule has 6 nitrogen and oxygen atoms in total. The fourth-order valence-corrected chi connectivity index (χ4v) is 2.87. The van der Waals surface area contributed by atoms with Gasteiger partial charge in [-0.3, -0.25) is 0 Å². The molecule has 1 heterocycles. The predicted molar refractivity (Wildman–Crippen MR) is 109 cm³/mol. The van der Waals surface area contributed by atoms with E-state index in [-0.39, 0.29) is 6.10 Å². The first-order valence-corrected chi connectivity index (χ1v) is 9.38. The molecule has 3 rings (SSSR count). The Kier molecular flexibility index (Phi) is 6.13. The average molecular weight is 385 g/mol. The third kappa shape index (κ3) is 4.68. The number of aromatic amines is 1. The summed E-state index contributed by atoms with van der Waals surface area (Å²) in [7, 11) is 0. The summed E-state index contributed by atoms with van der Waals surface area (Å²) in [5.74, 6) is 2.23. The van der Waals surface area contributed by atoms with E-state index in [4.69, 9.17) is 21.7 Å². The first-order chi connectivity index (χ1) is 13.1. The van der Waals surface area contributed by atoms with E-state index in [2.05, 4.69) is 15.6 Å². The van der Waals surface area contributed by atoms with Gasteiger partial charge in [0.2, 0.25) is 4.77 Å². The molecule has 0 aliphatic heterocycles. The predicted octanol–water partition coefficient (Wildman–Crippen LogP) is 4.54. The number of nitrogens with zero attached hydrogens (tertiary/aromatic N) is 2. The van der Waals surface area contributed by atoms with Crippen LogP contribution >= 0.6 is 12.2 Å². The van der Waals surface area contributed by atoms with Gasteiger partial charge in [-0.2, -0.15) is 5.10 Å². The molecule has 0 bridgehead atoms. The van der Waals surface area contributed by atoms with Crippen LogP contribution in [0.25, 0.3) is 11.4 Å². The third-order valence-corrected chi connectivity index (χ3v) is 4.09. The van der Waals surface area contributed by atoms with Crippen molar-refractivity contribution in [2.24, 2.45) is 0 Å². The number of nitrogens with one attached hydrogen (secondary N) is 2. The van der Waals surface area contributed by atoms with E-state index in [1.807, 2.05) is 69.3 Å². The van der Waals surface area contributed by atoms with Crippen LogP contribution < -0.4 is 14.9 Å². The van der Waals surface area contributed by atoms with Gasteiger partial charge in [-0.15, -0.1) is 0 Å². The lowest BCUT2D eigenvalue weighted by Gasteiger charge is -2.16. The zero-order valence-electron chi connectivity index (χ0n) is 15.7. The van der Waals surface area contributed by atoms with E-state index >= 15 is 0 Å². The maximum Gasteiger partial charge on any atom is 0.214 e. The summed E-state index contributed by atoms with van der Waals surface area (Å²) in [6, 6.07) is 15.8. The van der Waals surface area contributed by atoms with E-state index in [9.17, 15) is 0 Å². The Morgan fingerprint density at radius 1 is 1.15 bits per heavy atom. The van der Waals surface area contributed by atoms with E-state index < -0.39 is 0 Å². The summed E-state index contributed by atoms with van der Waals surface area (Å²) in [5, 5.41) is 7.17. The molecule has 3 aromatic rings.